The van der Waals surface area contributed by atoms with Crippen LogP contribution in [0.5, 0.6) is 5.75 Å². The molecule has 1 saturated carbocycles. The van der Waals surface area contributed by atoms with Crippen LogP contribution in [-0.4, -0.2) is 41.0 Å². The summed E-state index contributed by atoms with van der Waals surface area (Å²) in [5.74, 6) is -0.619. The molecular weight excluding hydrogens is 438 g/mol. The first kappa shape index (κ1) is 22.8. The van der Waals surface area contributed by atoms with E-state index in [1.54, 1.807) is 19.2 Å². The number of carbonyl (C=O) groups is 1. The molecule has 1 spiro atoms. The first-order valence-corrected chi connectivity index (χ1v) is 11.8. The van der Waals surface area contributed by atoms with Gasteiger partial charge in [0.25, 0.3) is 0 Å². The van der Waals surface area contributed by atoms with Crippen LogP contribution < -0.4 is 4.74 Å². The third-order valence-corrected chi connectivity index (χ3v) is 7.98. The number of aromatic amines is 1. The number of aryl methyl sites for hydroxylation is 1. The fourth-order valence-electron chi connectivity index (χ4n) is 6.13. The molecule has 3 aromatic rings. The van der Waals surface area contributed by atoms with Gasteiger partial charge in [-0.1, -0.05) is 12.1 Å². The number of likely N-dealkylation sites (tertiary alicyclic amines) is 1. The maximum atomic E-state index is 13.3. The van der Waals surface area contributed by atoms with Gasteiger partial charge in [0.15, 0.2) is 0 Å². The lowest BCUT2D eigenvalue weighted by Crippen LogP contribution is -2.49. The van der Waals surface area contributed by atoms with Crippen molar-refractivity contribution in [3.63, 3.8) is 0 Å². The van der Waals surface area contributed by atoms with Gasteiger partial charge in [-0.2, -0.15) is 0 Å². The second kappa shape index (κ2) is 8.69. The van der Waals surface area contributed by atoms with Crippen molar-refractivity contribution in [2.75, 3.05) is 13.7 Å². The second-order valence-corrected chi connectivity index (χ2v) is 10.0. The van der Waals surface area contributed by atoms with Gasteiger partial charge in [0, 0.05) is 41.2 Å². The molecule has 0 amide bonds. The van der Waals surface area contributed by atoms with Gasteiger partial charge in [0.05, 0.1) is 12.7 Å². The molecule has 0 bridgehead atoms. The zero-order chi connectivity index (χ0) is 24.0. The number of nitrogens with zero attached hydrogens (tertiary/aromatic N) is 1. The number of carboxylic acid groups (broad SMARTS) is 1. The highest BCUT2D eigenvalue weighted by Gasteiger charge is 2.51. The summed E-state index contributed by atoms with van der Waals surface area (Å²) in [7, 11) is 1.68. The fraction of sp³-hybridized carbons (Fsp3) is 0.444. The van der Waals surface area contributed by atoms with Crippen LogP contribution in [-0.2, 0) is 6.54 Å². The normalized spacial score (nSPS) is 25.1. The largest absolute Gasteiger partial charge is 0.496 e. The Morgan fingerprint density at radius 2 is 1.97 bits per heavy atom. The molecule has 2 aromatic carbocycles. The lowest BCUT2D eigenvalue weighted by atomic mass is 9.56. The number of nitrogens with one attached hydrogen (secondary N) is 1. The van der Waals surface area contributed by atoms with Crippen molar-refractivity contribution in [2.24, 2.45) is 11.3 Å². The minimum Gasteiger partial charge on any atom is -0.496 e. The molecule has 2 aliphatic rings. The van der Waals surface area contributed by atoms with Crippen LogP contribution >= 0.6 is 0 Å². The number of fused-ring (bicyclic) bond motifs is 1. The molecule has 1 aliphatic carbocycles. The highest BCUT2D eigenvalue weighted by atomic mass is 19.3. The Balaban J connectivity index is 1.48. The number of hydrogen-bond acceptors (Lipinski definition) is 3. The van der Waals surface area contributed by atoms with Gasteiger partial charge in [-0.15, -0.1) is 0 Å². The maximum Gasteiger partial charge on any atom is 0.335 e. The van der Waals surface area contributed by atoms with Gasteiger partial charge >= 0.3 is 5.97 Å². The van der Waals surface area contributed by atoms with E-state index in [2.05, 4.69) is 28.9 Å². The molecule has 2 fully saturated rings. The summed E-state index contributed by atoms with van der Waals surface area (Å²) >= 11 is 0. The quantitative estimate of drug-likeness (QED) is 0.453. The Bertz CT molecular complexity index is 1200. The van der Waals surface area contributed by atoms with Crippen molar-refractivity contribution in [2.45, 2.75) is 51.6 Å². The Labute approximate surface area is 197 Å². The number of carboxylic acids is 1. The summed E-state index contributed by atoms with van der Waals surface area (Å²) in [5.41, 5.74) is 4.52. The molecule has 34 heavy (non-hydrogen) atoms. The van der Waals surface area contributed by atoms with E-state index < -0.39 is 18.3 Å². The van der Waals surface area contributed by atoms with E-state index in [-0.39, 0.29) is 17.0 Å². The third kappa shape index (κ3) is 3.96. The van der Waals surface area contributed by atoms with Crippen LogP contribution in [0.2, 0.25) is 0 Å². The summed E-state index contributed by atoms with van der Waals surface area (Å²) < 4.78 is 32.3. The van der Waals surface area contributed by atoms with E-state index in [0.717, 1.165) is 52.7 Å². The highest BCUT2D eigenvalue weighted by Crippen LogP contribution is 2.58. The molecule has 1 saturated heterocycles. The van der Waals surface area contributed by atoms with Gasteiger partial charge in [-0.3, -0.25) is 4.90 Å². The number of alkyl halides is 2. The number of hydrogen-bond donors (Lipinski definition) is 2. The van der Waals surface area contributed by atoms with Crippen molar-refractivity contribution in [1.82, 2.24) is 9.88 Å². The fourth-order valence-corrected chi connectivity index (χ4v) is 6.13. The number of aromatic carboxylic acids is 1. The summed E-state index contributed by atoms with van der Waals surface area (Å²) in [4.78, 5) is 17.1. The van der Waals surface area contributed by atoms with Gasteiger partial charge < -0.3 is 14.8 Å². The van der Waals surface area contributed by atoms with Crippen LogP contribution in [0.4, 0.5) is 8.78 Å². The Hall–Kier alpha value is -2.93. The third-order valence-electron chi connectivity index (χ3n) is 7.98. The molecule has 0 radical (unpaired) electrons. The number of ether oxygens (including phenoxy) is 1. The number of benzene rings is 2. The van der Waals surface area contributed by atoms with Gasteiger partial charge in [-0.05, 0) is 80.0 Å². The molecule has 2 N–H and O–H groups in total. The molecule has 180 valence electrons. The average Bonchev–Trinajstić information content (AvgIpc) is 3.30. The number of piperidine rings is 1. The predicted octanol–water partition coefficient (Wildman–Crippen LogP) is 6.18. The minimum absolute atomic E-state index is 0.0234. The van der Waals surface area contributed by atoms with Crippen LogP contribution in [0.1, 0.15) is 58.8 Å². The van der Waals surface area contributed by atoms with Crippen molar-refractivity contribution in [3.05, 3.63) is 64.8 Å². The predicted molar refractivity (Wildman–Crippen MR) is 127 cm³/mol. The SMILES string of the molecule is COc1cc(C)c2[nH]ccc2c1CN1CCC2(CC(C(F)F)C2)C[C@H]1c1ccc(C(=O)O)cc1. The number of rotatable bonds is 6. The van der Waals surface area contributed by atoms with Crippen molar-refractivity contribution >= 4 is 16.9 Å². The van der Waals surface area contributed by atoms with Crippen LogP contribution in [0.15, 0.2) is 42.6 Å². The first-order valence-electron chi connectivity index (χ1n) is 11.8. The van der Waals surface area contributed by atoms with Gasteiger partial charge in [0.1, 0.15) is 5.75 Å². The van der Waals surface area contributed by atoms with E-state index in [1.165, 1.54) is 0 Å². The Morgan fingerprint density at radius 3 is 2.62 bits per heavy atom. The number of H-pyrrole nitrogens is 1. The smallest absolute Gasteiger partial charge is 0.335 e. The second-order valence-electron chi connectivity index (χ2n) is 10.0. The zero-order valence-electron chi connectivity index (χ0n) is 19.5. The molecule has 1 atom stereocenters. The number of methoxy groups -OCH3 is 1. The number of halogens is 2. The van der Waals surface area contributed by atoms with E-state index in [4.69, 9.17) is 4.74 Å². The topological polar surface area (TPSA) is 65.6 Å². The summed E-state index contributed by atoms with van der Waals surface area (Å²) in [5, 5.41) is 10.4. The van der Waals surface area contributed by atoms with Gasteiger partial charge in [-0.25, -0.2) is 13.6 Å². The van der Waals surface area contributed by atoms with E-state index in [9.17, 15) is 18.7 Å². The van der Waals surface area contributed by atoms with E-state index in [1.807, 2.05) is 18.3 Å². The van der Waals surface area contributed by atoms with Crippen LogP contribution in [0.25, 0.3) is 10.9 Å². The average molecular weight is 469 g/mol. The molecule has 5 nitrogen and oxygen atoms in total. The van der Waals surface area contributed by atoms with Crippen molar-refractivity contribution in [1.29, 1.82) is 0 Å². The number of aromatic nitrogens is 1. The molecule has 5 rings (SSSR count). The minimum atomic E-state index is -2.25. The van der Waals surface area contributed by atoms with Crippen molar-refractivity contribution in [3.8, 4) is 5.75 Å². The summed E-state index contributed by atoms with van der Waals surface area (Å²) in [6.07, 6.45) is 2.51. The van der Waals surface area contributed by atoms with Crippen LogP contribution in [0.3, 0.4) is 0 Å². The molecule has 1 aliphatic heterocycles. The van der Waals surface area contributed by atoms with Crippen LogP contribution in [0, 0.1) is 18.3 Å². The van der Waals surface area contributed by atoms with E-state index >= 15 is 0 Å². The lowest BCUT2D eigenvalue weighted by Gasteiger charge is -2.55. The molecule has 7 heteroatoms. The monoisotopic (exact) mass is 468 g/mol. The Kier molecular flexibility index (Phi) is 5.84. The summed E-state index contributed by atoms with van der Waals surface area (Å²) in [6, 6.07) is 11.2. The summed E-state index contributed by atoms with van der Waals surface area (Å²) in [6.45, 7) is 3.51. The highest BCUT2D eigenvalue weighted by molar-refractivity contribution is 5.88. The molecule has 0 unspecified atom stereocenters. The zero-order valence-corrected chi connectivity index (χ0v) is 19.5. The van der Waals surface area contributed by atoms with Gasteiger partial charge in [0.2, 0.25) is 6.43 Å². The lowest BCUT2D eigenvalue weighted by molar-refractivity contribution is -0.0968. The molecular formula is C27H30F2N2O3. The Morgan fingerprint density at radius 1 is 1.24 bits per heavy atom. The maximum absolute atomic E-state index is 13.3. The van der Waals surface area contributed by atoms with Crippen molar-refractivity contribution < 1.29 is 23.4 Å². The first-order chi connectivity index (χ1) is 16.3. The molecule has 2 heterocycles. The molecule has 1 aromatic heterocycles. The standard InChI is InChI=1S/C27H30F2N2O3/c1-16-11-23(34-2)21(20-7-9-30-24(16)20)15-31-10-8-27(12-19(13-27)25(28)29)14-22(31)17-3-5-18(6-4-17)26(32)33/h3-7,9,11,19,22,25,30H,8,10,12-15H2,1-2H3,(H,32,33)/t19?,22-,27?/m0/s1. The van der Waals surface area contributed by atoms with E-state index in [0.29, 0.717) is 19.4 Å².